The highest BCUT2D eigenvalue weighted by atomic mass is 32.2. The molecular weight excluding hydrogens is 414 g/mol. The van der Waals surface area contributed by atoms with Crippen LogP contribution in [-0.4, -0.2) is 32.2 Å². The minimum absolute atomic E-state index is 0.155. The molecule has 0 saturated heterocycles. The van der Waals surface area contributed by atoms with Crippen molar-refractivity contribution in [3.8, 4) is 11.6 Å². The Morgan fingerprint density at radius 2 is 1.90 bits per heavy atom. The van der Waals surface area contributed by atoms with E-state index in [1.165, 1.54) is 18.5 Å². The molecule has 0 bridgehead atoms. The van der Waals surface area contributed by atoms with E-state index in [1.54, 1.807) is 20.8 Å². The average molecular weight is 433 g/mol. The quantitative estimate of drug-likeness (QED) is 0.587. The Hall–Kier alpha value is -2.11. The van der Waals surface area contributed by atoms with Crippen LogP contribution in [0.4, 0.5) is 17.6 Å². The molecule has 2 heterocycles. The molecule has 1 aromatic carbocycles. The Morgan fingerprint density at radius 1 is 1.21 bits per heavy atom. The lowest BCUT2D eigenvalue weighted by molar-refractivity contribution is -0.275. The molecule has 6 nitrogen and oxygen atoms in total. The topological polar surface area (TPSA) is 79.3 Å². The van der Waals surface area contributed by atoms with Gasteiger partial charge in [-0.05, 0) is 38.5 Å². The Kier molecular flexibility index (Phi) is 5.67. The average Bonchev–Trinajstić information content (AvgIpc) is 2.61. The van der Waals surface area contributed by atoms with Crippen LogP contribution in [0.25, 0.3) is 0 Å². The van der Waals surface area contributed by atoms with Crippen molar-refractivity contribution in [3.63, 3.8) is 0 Å². The highest BCUT2D eigenvalue weighted by Crippen LogP contribution is 2.42. The van der Waals surface area contributed by atoms with Crippen LogP contribution in [0.1, 0.15) is 38.4 Å². The molecule has 1 aliphatic heterocycles. The van der Waals surface area contributed by atoms with Crippen molar-refractivity contribution in [3.05, 3.63) is 47.7 Å². The molecule has 0 saturated carbocycles. The maximum Gasteiger partial charge on any atom is 0.573 e. The molecule has 2 atom stereocenters. The van der Waals surface area contributed by atoms with Gasteiger partial charge >= 0.3 is 6.36 Å². The van der Waals surface area contributed by atoms with Crippen LogP contribution < -0.4 is 14.2 Å². The zero-order valence-electron chi connectivity index (χ0n) is 15.8. The van der Waals surface area contributed by atoms with Gasteiger partial charge < -0.3 is 14.0 Å². The van der Waals surface area contributed by atoms with Crippen LogP contribution in [0.5, 0.6) is 11.6 Å². The fraction of sp³-hybridized carbons (Fsp3) is 0.444. The lowest BCUT2D eigenvalue weighted by Crippen LogP contribution is -2.54. The number of nitrogens with zero attached hydrogens (tertiary/aromatic N) is 2. The summed E-state index contributed by atoms with van der Waals surface area (Å²) >= 11 is -1.62. The fourth-order valence-corrected chi connectivity index (χ4v) is 3.81. The molecule has 0 fully saturated rings. The molecule has 0 radical (unpaired) electrons. The minimum Gasteiger partial charge on any atom is -0.598 e. The molecule has 2 aromatic rings. The monoisotopic (exact) mass is 433 g/mol. The van der Waals surface area contributed by atoms with E-state index in [1.807, 2.05) is 0 Å². The van der Waals surface area contributed by atoms with Crippen LogP contribution in [0.2, 0.25) is 0 Å². The predicted molar refractivity (Wildman–Crippen MR) is 97.0 cm³/mol. The second kappa shape index (κ2) is 7.62. The van der Waals surface area contributed by atoms with Gasteiger partial charge in [-0.1, -0.05) is 6.07 Å². The molecule has 0 aliphatic carbocycles. The SMILES string of the molecule is CC(C)(C)[S@@+]([O-])N[C@]1(c2ccc(OC(F)(F)F)c(F)c2)CCOc2nccnc21. The standard InChI is InChI=1S/C18H19F4N3O3S/c1-16(2,3)29(26)25-17(6-9-27-15-14(17)23-7-8-24-15)11-4-5-13(12(19)10-11)28-18(20,21)22/h4-5,7-8,10,25H,6,9H2,1-3H3/t17-,29+/m0/s1. The fourth-order valence-electron chi connectivity index (χ4n) is 2.87. The number of benzene rings is 1. The number of ether oxygens (including phenoxy) is 2. The van der Waals surface area contributed by atoms with Crippen molar-refractivity contribution < 1.29 is 31.6 Å². The van der Waals surface area contributed by atoms with E-state index in [9.17, 15) is 22.1 Å². The van der Waals surface area contributed by atoms with Crippen molar-refractivity contribution in [2.24, 2.45) is 0 Å². The second-order valence-corrected chi connectivity index (χ2v) is 9.36. The zero-order valence-corrected chi connectivity index (χ0v) is 16.7. The van der Waals surface area contributed by atoms with E-state index in [0.29, 0.717) is 0 Å². The van der Waals surface area contributed by atoms with Crippen molar-refractivity contribution in [1.82, 2.24) is 14.7 Å². The summed E-state index contributed by atoms with van der Waals surface area (Å²) in [4.78, 5) is 8.38. The molecule has 1 aliphatic rings. The molecule has 11 heteroatoms. The molecular formula is C18H19F4N3O3S. The van der Waals surface area contributed by atoms with Crippen molar-refractivity contribution >= 4 is 11.4 Å². The largest absolute Gasteiger partial charge is 0.598 e. The van der Waals surface area contributed by atoms with Gasteiger partial charge in [0, 0.05) is 30.2 Å². The first kappa shape index (κ1) is 21.6. The van der Waals surface area contributed by atoms with Gasteiger partial charge in [0.1, 0.15) is 16.0 Å². The number of hydrogen-bond acceptors (Lipinski definition) is 6. The van der Waals surface area contributed by atoms with Gasteiger partial charge in [-0.25, -0.2) is 9.37 Å². The van der Waals surface area contributed by atoms with Gasteiger partial charge in [-0.2, -0.15) is 0 Å². The summed E-state index contributed by atoms with van der Waals surface area (Å²) in [5.41, 5.74) is -0.780. The number of halogens is 4. The lowest BCUT2D eigenvalue weighted by atomic mass is 9.83. The third-order valence-electron chi connectivity index (χ3n) is 4.26. The molecule has 0 unspecified atom stereocenters. The first-order valence-electron chi connectivity index (χ1n) is 8.62. The summed E-state index contributed by atoms with van der Waals surface area (Å²) in [6, 6.07) is 3.08. The molecule has 29 heavy (non-hydrogen) atoms. The van der Waals surface area contributed by atoms with E-state index >= 15 is 0 Å². The molecule has 1 aromatic heterocycles. The van der Waals surface area contributed by atoms with Gasteiger partial charge in [0.2, 0.25) is 5.88 Å². The first-order valence-corrected chi connectivity index (χ1v) is 9.77. The van der Waals surface area contributed by atoms with Gasteiger partial charge in [-0.3, -0.25) is 4.98 Å². The van der Waals surface area contributed by atoms with Gasteiger partial charge in [0.25, 0.3) is 0 Å². The van der Waals surface area contributed by atoms with Crippen LogP contribution in [0, 0.1) is 5.82 Å². The minimum atomic E-state index is -5.03. The number of nitrogens with one attached hydrogen (secondary N) is 1. The number of rotatable bonds is 4. The van der Waals surface area contributed by atoms with Gasteiger partial charge in [0.15, 0.2) is 11.6 Å². The van der Waals surface area contributed by atoms with Gasteiger partial charge in [0.05, 0.1) is 6.61 Å². The number of aromatic nitrogens is 2. The highest BCUT2D eigenvalue weighted by molar-refractivity contribution is 7.90. The van der Waals surface area contributed by atoms with E-state index in [0.717, 1.165) is 12.1 Å². The molecule has 1 N–H and O–H groups in total. The zero-order chi connectivity index (χ0) is 21.4. The summed E-state index contributed by atoms with van der Waals surface area (Å²) in [5, 5.41) is 0. The smallest absolute Gasteiger partial charge is 0.573 e. The molecule has 158 valence electrons. The summed E-state index contributed by atoms with van der Waals surface area (Å²) < 4.78 is 76.3. The molecule has 0 spiro atoms. The van der Waals surface area contributed by atoms with Crippen LogP contribution in [0.3, 0.4) is 0 Å². The Morgan fingerprint density at radius 3 is 2.52 bits per heavy atom. The molecule has 3 rings (SSSR count). The third kappa shape index (κ3) is 4.57. The Bertz CT molecular complexity index is 891. The summed E-state index contributed by atoms with van der Waals surface area (Å²) in [6.07, 6.45) is -2.00. The van der Waals surface area contributed by atoms with Crippen LogP contribution in [0.15, 0.2) is 30.6 Å². The summed E-state index contributed by atoms with van der Waals surface area (Å²) in [7, 11) is 0. The van der Waals surface area contributed by atoms with E-state index in [-0.39, 0.29) is 30.2 Å². The van der Waals surface area contributed by atoms with E-state index in [2.05, 4.69) is 19.4 Å². The number of hydrogen-bond donors (Lipinski definition) is 1. The van der Waals surface area contributed by atoms with Crippen LogP contribution >= 0.6 is 0 Å². The number of fused-ring (bicyclic) bond motifs is 1. The normalized spacial score (nSPS) is 20.6. The Labute approximate surface area is 168 Å². The maximum atomic E-state index is 14.5. The van der Waals surface area contributed by atoms with Crippen molar-refractivity contribution in [2.75, 3.05) is 6.61 Å². The van der Waals surface area contributed by atoms with E-state index < -0.39 is 39.6 Å². The van der Waals surface area contributed by atoms with Crippen molar-refractivity contribution in [2.45, 2.75) is 43.8 Å². The van der Waals surface area contributed by atoms with Gasteiger partial charge in [-0.15, -0.1) is 17.9 Å². The van der Waals surface area contributed by atoms with Crippen LogP contribution in [-0.2, 0) is 16.9 Å². The Balaban J connectivity index is 2.12. The second-order valence-electron chi connectivity index (χ2n) is 7.39. The lowest BCUT2D eigenvalue weighted by Gasteiger charge is -2.39. The maximum absolute atomic E-state index is 14.5. The van der Waals surface area contributed by atoms with E-state index in [4.69, 9.17) is 4.74 Å². The first-order chi connectivity index (χ1) is 13.4. The highest BCUT2D eigenvalue weighted by Gasteiger charge is 2.48. The summed E-state index contributed by atoms with van der Waals surface area (Å²) in [5.74, 6) is -1.99. The molecule has 0 amide bonds. The third-order valence-corrected chi connectivity index (χ3v) is 5.90. The summed E-state index contributed by atoms with van der Waals surface area (Å²) in [6.45, 7) is 5.41. The van der Waals surface area contributed by atoms with Crippen molar-refractivity contribution in [1.29, 1.82) is 0 Å². The number of alkyl halides is 3. The predicted octanol–water partition coefficient (Wildman–Crippen LogP) is 3.59.